The van der Waals surface area contributed by atoms with Crippen LogP contribution in [0.5, 0.6) is 0 Å². The molecule has 1 aliphatic rings. The lowest BCUT2D eigenvalue weighted by molar-refractivity contribution is 0.124. The third kappa shape index (κ3) is 3.05. The predicted molar refractivity (Wildman–Crippen MR) is 93.6 cm³/mol. The number of benzene rings is 1. The number of rotatable bonds is 5. The van der Waals surface area contributed by atoms with Crippen LogP contribution in [0.1, 0.15) is 23.9 Å². The largest absolute Gasteiger partial charge is 0.385 e. The molecule has 4 rings (SSSR count). The normalized spacial score (nSPS) is 18.0. The van der Waals surface area contributed by atoms with Crippen LogP contribution < -0.4 is 0 Å². The van der Waals surface area contributed by atoms with E-state index >= 15 is 0 Å². The highest BCUT2D eigenvalue weighted by Crippen LogP contribution is 2.24. The van der Waals surface area contributed by atoms with Crippen LogP contribution in [-0.4, -0.2) is 39.9 Å². The highest BCUT2D eigenvalue weighted by molar-refractivity contribution is 5.78. The minimum Gasteiger partial charge on any atom is -0.385 e. The lowest BCUT2D eigenvalue weighted by atomic mass is 10.1. The van der Waals surface area contributed by atoms with Crippen molar-refractivity contribution < 1.29 is 4.74 Å². The van der Waals surface area contributed by atoms with E-state index in [0.717, 1.165) is 43.9 Å². The third-order valence-electron chi connectivity index (χ3n) is 4.65. The summed E-state index contributed by atoms with van der Waals surface area (Å²) in [6.07, 6.45) is 2.87. The molecule has 5 nitrogen and oxygen atoms in total. The summed E-state index contributed by atoms with van der Waals surface area (Å²) in [5, 5.41) is 5.68. The number of hydrogen-bond donors (Lipinski definition) is 0. The number of fused-ring (bicyclic) bond motifs is 2. The third-order valence-corrected chi connectivity index (χ3v) is 4.65. The van der Waals surface area contributed by atoms with Crippen molar-refractivity contribution in [2.24, 2.45) is 0 Å². The number of pyridine rings is 1. The van der Waals surface area contributed by atoms with Gasteiger partial charge < -0.3 is 4.74 Å². The Hall–Kier alpha value is -2.24. The van der Waals surface area contributed by atoms with Crippen molar-refractivity contribution >= 4 is 10.9 Å². The van der Waals surface area contributed by atoms with Crippen LogP contribution in [0.15, 0.2) is 48.7 Å². The fourth-order valence-corrected chi connectivity index (χ4v) is 3.48. The summed E-state index contributed by atoms with van der Waals surface area (Å²) >= 11 is 0. The first-order chi connectivity index (χ1) is 11.8. The Bertz CT molecular complexity index is 829. The molecule has 1 aliphatic heterocycles. The van der Waals surface area contributed by atoms with Crippen molar-refractivity contribution in [2.45, 2.75) is 25.6 Å². The lowest BCUT2D eigenvalue weighted by Crippen LogP contribution is -2.37. The smallest absolute Gasteiger partial charge is 0.0705 e. The topological polar surface area (TPSA) is 43.2 Å². The van der Waals surface area contributed by atoms with E-state index in [4.69, 9.17) is 9.72 Å². The van der Waals surface area contributed by atoms with Crippen molar-refractivity contribution in [2.75, 3.05) is 20.3 Å². The molecule has 0 saturated carbocycles. The molecule has 1 unspecified atom stereocenters. The summed E-state index contributed by atoms with van der Waals surface area (Å²) in [4.78, 5) is 7.26. The molecule has 1 aromatic carbocycles. The molecule has 0 aliphatic carbocycles. The molecule has 24 heavy (non-hydrogen) atoms. The predicted octanol–water partition coefficient (Wildman–Crippen LogP) is 3.02. The summed E-state index contributed by atoms with van der Waals surface area (Å²) in [5.74, 6) is 0. The molecule has 0 radical (unpaired) electrons. The van der Waals surface area contributed by atoms with Crippen LogP contribution in [-0.2, 0) is 17.8 Å². The van der Waals surface area contributed by atoms with Crippen LogP contribution in [0.3, 0.4) is 0 Å². The molecule has 0 saturated heterocycles. The van der Waals surface area contributed by atoms with Crippen LogP contribution in [0.25, 0.3) is 10.9 Å². The Morgan fingerprint density at radius 3 is 3.00 bits per heavy atom. The van der Waals surface area contributed by atoms with Gasteiger partial charge in [-0.1, -0.05) is 24.3 Å². The second-order valence-corrected chi connectivity index (χ2v) is 6.37. The molecule has 2 aromatic heterocycles. The molecule has 3 aromatic rings. The Morgan fingerprint density at radius 2 is 2.08 bits per heavy atom. The number of ether oxygens (including phenoxy) is 1. The highest BCUT2D eigenvalue weighted by atomic mass is 16.5. The Balaban J connectivity index is 1.53. The number of aromatic nitrogens is 3. The minimum absolute atomic E-state index is 0.365. The van der Waals surface area contributed by atoms with Crippen molar-refractivity contribution in [3.63, 3.8) is 0 Å². The summed E-state index contributed by atoms with van der Waals surface area (Å²) in [6.45, 7) is 3.51. The summed E-state index contributed by atoms with van der Waals surface area (Å²) in [5.41, 5.74) is 3.45. The molecular weight excluding hydrogens is 300 g/mol. The summed E-state index contributed by atoms with van der Waals surface area (Å²) < 4.78 is 7.42. The maximum Gasteiger partial charge on any atom is 0.0705 e. The molecule has 0 N–H and O–H groups in total. The van der Waals surface area contributed by atoms with E-state index in [9.17, 15) is 0 Å². The maximum absolute atomic E-state index is 5.27. The van der Waals surface area contributed by atoms with Gasteiger partial charge in [-0.2, -0.15) is 5.10 Å². The lowest BCUT2D eigenvalue weighted by Gasteiger charge is -2.33. The fourth-order valence-electron chi connectivity index (χ4n) is 3.48. The average Bonchev–Trinajstić information content (AvgIpc) is 3.08. The number of methoxy groups -OCH3 is 1. The van der Waals surface area contributed by atoms with E-state index < -0.39 is 0 Å². The Morgan fingerprint density at radius 1 is 1.17 bits per heavy atom. The zero-order valence-electron chi connectivity index (χ0n) is 13.9. The molecule has 0 fully saturated rings. The van der Waals surface area contributed by atoms with Gasteiger partial charge in [-0.25, -0.2) is 0 Å². The Labute approximate surface area is 141 Å². The molecule has 5 heteroatoms. The molecule has 0 amide bonds. The number of para-hydroxylation sites is 1. The van der Waals surface area contributed by atoms with Crippen LogP contribution in [0, 0.1) is 0 Å². The standard InChI is InChI=1S/C19H22N4O/c1-24-11-9-18-14-22(13-17-8-10-20-23(17)18)12-16-7-6-15-4-2-3-5-19(15)21-16/h2-8,10,18H,9,11-14H2,1H3. The van der Waals surface area contributed by atoms with E-state index in [1.54, 1.807) is 7.11 Å². The molecule has 1 atom stereocenters. The van der Waals surface area contributed by atoms with E-state index in [-0.39, 0.29) is 0 Å². The number of nitrogens with zero attached hydrogens (tertiary/aromatic N) is 4. The van der Waals surface area contributed by atoms with E-state index in [1.165, 1.54) is 11.1 Å². The summed E-state index contributed by atoms with van der Waals surface area (Å²) in [6, 6.07) is 15.0. The second kappa shape index (κ2) is 6.71. The fraction of sp³-hybridized carbons (Fsp3) is 0.368. The monoisotopic (exact) mass is 322 g/mol. The van der Waals surface area contributed by atoms with Gasteiger partial charge >= 0.3 is 0 Å². The van der Waals surface area contributed by atoms with Gasteiger partial charge in [-0.3, -0.25) is 14.6 Å². The average molecular weight is 322 g/mol. The van der Waals surface area contributed by atoms with Gasteiger partial charge in [0.25, 0.3) is 0 Å². The second-order valence-electron chi connectivity index (χ2n) is 6.37. The number of hydrogen-bond acceptors (Lipinski definition) is 4. The van der Waals surface area contributed by atoms with Gasteiger partial charge in [0.15, 0.2) is 0 Å². The molecule has 124 valence electrons. The zero-order valence-corrected chi connectivity index (χ0v) is 13.9. The Kier molecular flexibility index (Phi) is 4.28. The van der Waals surface area contributed by atoms with Gasteiger partial charge in [0, 0.05) is 44.9 Å². The van der Waals surface area contributed by atoms with Crippen LogP contribution in [0.2, 0.25) is 0 Å². The van der Waals surface area contributed by atoms with Gasteiger partial charge in [0.1, 0.15) is 0 Å². The van der Waals surface area contributed by atoms with Crippen molar-refractivity contribution in [3.05, 3.63) is 60.0 Å². The van der Waals surface area contributed by atoms with Gasteiger partial charge in [0.05, 0.1) is 22.9 Å². The zero-order chi connectivity index (χ0) is 16.4. The van der Waals surface area contributed by atoms with Crippen LogP contribution in [0.4, 0.5) is 0 Å². The van der Waals surface area contributed by atoms with E-state index in [1.807, 2.05) is 12.3 Å². The van der Waals surface area contributed by atoms with Crippen molar-refractivity contribution in [3.8, 4) is 0 Å². The van der Waals surface area contributed by atoms with Crippen molar-refractivity contribution in [1.29, 1.82) is 0 Å². The molecular formula is C19H22N4O. The van der Waals surface area contributed by atoms with Gasteiger partial charge in [0.2, 0.25) is 0 Å². The molecule has 3 heterocycles. The minimum atomic E-state index is 0.365. The van der Waals surface area contributed by atoms with Crippen LogP contribution >= 0.6 is 0 Å². The molecule has 0 spiro atoms. The first-order valence-electron chi connectivity index (χ1n) is 8.42. The SMILES string of the molecule is COCCC1CN(Cc2ccc3ccccc3n2)Cc2ccnn21. The van der Waals surface area contributed by atoms with Gasteiger partial charge in [-0.05, 0) is 24.6 Å². The van der Waals surface area contributed by atoms with E-state index in [2.05, 4.69) is 51.1 Å². The first-order valence-corrected chi connectivity index (χ1v) is 8.42. The highest BCUT2D eigenvalue weighted by Gasteiger charge is 2.25. The maximum atomic E-state index is 5.27. The van der Waals surface area contributed by atoms with Crippen molar-refractivity contribution in [1.82, 2.24) is 19.7 Å². The first kappa shape index (κ1) is 15.3. The van der Waals surface area contributed by atoms with Gasteiger partial charge in [-0.15, -0.1) is 0 Å². The summed E-state index contributed by atoms with van der Waals surface area (Å²) in [7, 11) is 1.75. The quantitative estimate of drug-likeness (QED) is 0.724. The molecule has 0 bridgehead atoms. The van der Waals surface area contributed by atoms with E-state index in [0.29, 0.717) is 6.04 Å².